The second kappa shape index (κ2) is 2.76. The van der Waals surface area contributed by atoms with E-state index in [4.69, 9.17) is 6.42 Å². The van der Waals surface area contributed by atoms with Crippen LogP contribution in [0.25, 0.3) is 0 Å². The summed E-state index contributed by atoms with van der Waals surface area (Å²) in [7, 11) is 0. The molecule has 0 atom stereocenters. The number of fused-ring (bicyclic) bond motifs is 1. The fourth-order valence-electron chi connectivity index (χ4n) is 1.12. The van der Waals surface area contributed by atoms with Crippen LogP contribution in [0.1, 0.15) is 15.9 Å². The number of carbonyl (C=O) groups is 1. The molecule has 0 N–H and O–H groups in total. The molecule has 1 aromatic rings. The zero-order valence-electron chi connectivity index (χ0n) is 6.69. The Balaban J connectivity index is 2.57. The van der Waals surface area contributed by atoms with Crippen LogP contribution in [0.15, 0.2) is 23.2 Å². The minimum Gasteiger partial charge on any atom is -0.267 e. The summed E-state index contributed by atoms with van der Waals surface area (Å²) < 4.78 is 0. The van der Waals surface area contributed by atoms with Crippen molar-refractivity contribution in [3.63, 3.8) is 0 Å². The van der Waals surface area contributed by atoms with E-state index >= 15 is 0 Å². The van der Waals surface area contributed by atoms with E-state index in [1.807, 2.05) is 0 Å². The van der Waals surface area contributed by atoms with Gasteiger partial charge in [0.1, 0.15) is 6.34 Å². The Morgan fingerprint density at radius 2 is 2.23 bits per heavy atom. The van der Waals surface area contributed by atoms with Crippen molar-refractivity contribution in [3.8, 4) is 12.3 Å². The Hall–Kier alpha value is -2.08. The Morgan fingerprint density at radius 3 is 3.00 bits per heavy atom. The van der Waals surface area contributed by atoms with Crippen molar-refractivity contribution in [2.75, 3.05) is 0 Å². The third-order valence-corrected chi connectivity index (χ3v) is 1.77. The predicted molar refractivity (Wildman–Crippen MR) is 49.0 cm³/mol. The van der Waals surface area contributed by atoms with Gasteiger partial charge in [-0.2, -0.15) is 4.99 Å². The lowest BCUT2D eigenvalue weighted by atomic mass is 10.1. The third-order valence-electron chi connectivity index (χ3n) is 1.77. The molecule has 13 heavy (non-hydrogen) atoms. The highest BCUT2D eigenvalue weighted by atomic mass is 16.1. The molecule has 1 aromatic carbocycles. The average Bonchev–Trinajstić information content (AvgIpc) is 2.18. The van der Waals surface area contributed by atoms with Crippen molar-refractivity contribution in [2.24, 2.45) is 4.99 Å². The van der Waals surface area contributed by atoms with Gasteiger partial charge in [0.15, 0.2) is 0 Å². The van der Waals surface area contributed by atoms with Crippen molar-refractivity contribution in [1.29, 1.82) is 0 Å². The molecule has 2 rings (SSSR count). The molecule has 0 fully saturated rings. The number of terminal acetylenes is 1. The van der Waals surface area contributed by atoms with Gasteiger partial charge in [-0.05, 0) is 18.2 Å². The molecule has 0 aliphatic carbocycles. The zero-order chi connectivity index (χ0) is 9.26. The maximum atomic E-state index is 11.2. The maximum Gasteiger partial charge on any atom is 0.280 e. The fourth-order valence-corrected chi connectivity index (χ4v) is 1.12. The van der Waals surface area contributed by atoms with Gasteiger partial charge in [0, 0.05) is 5.56 Å². The van der Waals surface area contributed by atoms with Gasteiger partial charge >= 0.3 is 0 Å². The van der Waals surface area contributed by atoms with Gasteiger partial charge in [-0.15, -0.1) is 6.42 Å². The number of hydrogen-bond donors (Lipinski definition) is 0. The maximum absolute atomic E-state index is 11.2. The largest absolute Gasteiger partial charge is 0.280 e. The Bertz CT molecular complexity index is 441. The van der Waals surface area contributed by atoms with Gasteiger partial charge < -0.3 is 0 Å². The van der Waals surface area contributed by atoms with Gasteiger partial charge in [-0.1, -0.05) is 5.92 Å². The van der Waals surface area contributed by atoms with Crippen LogP contribution in [0.3, 0.4) is 0 Å². The molecule has 1 amide bonds. The first-order valence-corrected chi connectivity index (χ1v) is 3.69. The highest BCUT2D eigenvalue weighted by Crippen LogP contribution is 2.20. The topological polar surface area (TPSA) is 43.5 Å². The van der Waals surface area contributed by atoms with E-state index < -0.39 is 0 Å². The monoisotopic (exact) mass is 169 g/mol. The molecule has 0 unspecified atom stereocenters. The first kappa shape index (κ1) is 7.56. The molecule has 3 nitrogen and oxygen atoms in total. The van der Waals surface area contributed by atoms with Crippen molar-refractivity contribution >= 4 is 17.9 Å². The van der Waals surface area contributed by atoms with Crippen LogP contribution in [0.2, 0.25) is 0 Å². The fraction of sp³-hybridized carbons (Fsp3) is 0. The van der Waals surface area contributed by atoms with Crippen LogP contribution < -0.4 is 5.32 Å². The number of nitrogens with zero attached hydrogens (tertiary/aromatic N) is 2. The Kier molecular flexibility index (Phi) is 1.60. The van der Waals surface area contributed by atoms with Crippen molar-refractivity contribution in [1.82, 2.24) is 5.32 Å². The second-order valence-electron chi connectivity index (χ2n) is 2.56. The van der Waals surface area contributed by atoms with Gasteiger partial charge in [-0.3, -0.25) is 4.79 Å². The van der Waals surface area contributed by atoms with Crippen molar-refractivity contribution in [2.45, 2.75) is 0 Å². The number of carbonyl (C=O) groups excluding carboxylic acids is 1. The van der Waals surface area contributed by atoms with E-state index in [0.717, 1.165) is 0 Å². The highest BCUT2D eigenvalue weighted by molar-refractivity contribution is 6.06. The summed E-state index contributed by atoms with van der Waals surface area (Å²) in [5.74, 6) is 2.21. The van der Waals surface area contributed by atoms with E-state index in [1.165, 1.54) is 6.34 Å². The van der Waals surface area contributed by atoms with Crippen molar-refractivity contribution in [3.05, 3.63) is 29.3 Å². The van der Waals surface area contributed by atoms with Crippen LogP contribution in [0.4, 0.5) is 5.69 Å². The minimum absolute atomic E-state index is 0.270. The quantitative estimate of drug-likeness (QED) is 0.536. The molecular weight excluding hydrogens is 164 g/mol. The molecule has 0 saturated carbocycles. The van der Waals surface area contributed by atoms with Gasteiger partial charge in [0.25, 0.3) is 5.91 Å². The molecular formula is C10H5N2O. The van der Waals surface area contributed by atoms with E-state index in [1.54, 1.807) is 18.2 Å². The molecule has 0 bridgehead atoms. The van der Waals surface area contributed by atoms with Gasteiger partial charge in [0.05, 0.1) is 11.3 Å². The highest BCUT2D eigenvalue weighted by Gasteiger charge is 2.14. The van der Waals surface area contributed by atoms with Crippen LogP contribution >= 0.6 is 0 Å². The van der Waals surface area contributed by atoms with E-state index in [-0.39, 0.29) is 5.91 Å². The minimum atomic E-state index is -0.270. The smallest absolute Gasteiger partial charge is 0.267 e. The first-order chi connectivity index (χ1) is 6.31. The predicted octanol–water partition coefficient (Wildman–Crippen LogP) is 1.09. The Labute approximate surface area is 75.5 Å². The lowest BCUT2D eigenvalue weighted by Crippen LogP contribution is -2.10. The number of benzene rings is 1. The molecule has 0 saturated heterocycles. The number of aliphatic imine (C=N–C) groups is 1. The van der Waals surface area contributed by atoms with Crippen LogP contribution in [0.5, 0.6) is 0 Å². The molecule has 1 aliphatic heterocycles. The number of amides is 1. The lowest BCUT2D eigenvalue weighted by Gasteiger charge is -2.07. The van der Waals surface area contributed by atoms with Crippen LogP contribution in [-0.4, -0.2) is 12.2 Å². The molecule has 1 radical (unpaired) electrons. The van der Waals surface area contributed by atoms with E-state index in [0.29, 0.717) is 16.8 Å². The first-order valence-electron chi connectivity index (χ1n) is 3.69. The SMILES string of the molecule is C#Cc1ccc2c(c1)[N]C=NC2=O. The molecule has 0 spiro atoms. The van der Waals surface area contributed by atoms with E-state index in [9.17, 15) is 4.79 Å². The summed E-state index contributed by atoms with van der Waals surface area (Å²) in [6.45, 7) is 0. The van der Waals surface area contributed by atoms with Crippen LogP contribution in [0, 0.1) is 12.3 Å². The summed E-state index contributed by atoms with van der Waals surface area (Å²) in [4.78, 5) is 14.7. The molecule has 1 heterocycles. The molecule has 61 valence electrons. The van der Waals surface area contributed by atoms with Crippen LogP contribution in [-0.2, 0) is 0 Å². The lowest BCUT2D eigenvalue weighted by molar-refractivity contribution is 0.100. The van der Waals surface area contributed by atoms with Gasteiger partial charge in [-0.25, -0.2) is 5.32 Å². The summed E-state index contributed by atoms with van der Waals surface area (Å²) in [5, 5.41) is 3.94. The standard InChI is InChI=1S/C10H5N2O/c1-2-7-3-4-8-9(5-7)11-6-12-10(8)13/h1,3-6H. The molecule has 0 aromatic heterocycles. The van der Waals surface area contributed by atoms with Gasteiger partial charge in [0.2, 0.25) is 0 Å². The average molecular weight is 169 g/mol. The number of hydrogen-bond acceptors (Lipinski definition) is 1. The third kappa shape index (κ3) is 1.18. The summed E-state index contributed by atoms with van der Waals surface area (Å²) >= 11 is 0. The molecule has 3 heteroatoms. The number of rotatable bonds is 0. The summed E-state index contributed by atoms with van der Waals surface area (Å²) in [6.07, 6.45) is 6.45. The van der Waals surface area contributed by atoms with E-state index in [2.05, 4.69) is 16.2 Å². The zero-order valence-corrected chi connectivity index (χ0v) is 6.69. The molecule has 1 aliphatic rings. The van der Waals surface area contributed by atoms with Crippen molar-refractivity contribution < 1.29 is 4.79 Å². The summed E-state index contributed by atoms with van der Waals surface area (Å²) in [5.41, 5.74) is 1.81. The summed E-state index contributed by atoms with van der Waals surface area (Å²) in [6, 6.07) is 5.04. The Morgan fingerprint density at radius 1 is 1.38 bits per heavy atom. The normalized spacial score (nSPS) is 13.0. The second-order valence-corrected chi connectivity index (χ2v) is 2.56.